The number of aromatic nitrogens is 1. The topological polar surface area (TPSA) is 85.4 Å². The third-order valence-electron chi connectivity index (χ3n) is 5.44. The highest BCUT2D eigenvalue weighted by Gasteiger charge is 2.35. The van der Waals surface area contributed by atoms with Crippen molar-refractivity contribution in [3.63, 3.8) is 0 Å². The van der Waals surface area contributed by atoms with E-state index in [0.717, 1.165) is 11.6 Å². The van der Waals surface area contributed by atoms with Crippen LogP contribution in [0.1, 0.15) is 27.2 Å². The fraction of sp³-hybridized carbons (Fsp3) is 0.111. The molecule has 0 radical (unpaired) electrons. The molecule has 5 nitrogen and oxygen atoms in total. The lowest BCUT2D eigenvalue weighted by molar-refractivity contribution is -0.139. The van der Waals surface area contributed by atoms with E-state index in [4.69, 9.17) is 10.5 Å². The molecule has 0 aliphatic rings. The van der Waals surface area contributed by atoms with Gasteiger partial charge in [0.15, 0.2) is 0 Å². The molecular formula is C27H21F3N2O3. The zero-order chi connectivity index (χ0) is 25.0. The van der Waals surface area contributed by atoms with Gasteiger partial charge in [0.2, 0.25) is 0 Å². The van der Waals surface area contributed by atoms with Crippen molar-refractivity contribution in [3.8, 4) is 28.1 Å². The smallest absolute Gasteiger partial charge is 0.419 e. The van der Waals surface area contributed by atoms with Gasteiger partial charge in [0.05, 0.1) is 11.3 Å². The molecule has 0 bridgehead atoms. The molecule has 178 valence electrons. The number of carboxylic acid groups (broad SMARTS) is 1. The van der Waals surface area contributed by atoms with Crippen LogP contribution in [0.15, 0.2) is 84.9 Å². The van der Waals surface area contributed by atoms with Crippen molar-refractivity contribution in [2.45, 2.75) is 19.3 Å². The molecule has 0 aliphatic heterocycles. The monoisotopic (exact) mass is 478 g/mol. The van der Waals surface area contributed by atoms with E-state index in [-0.39, 0.29) is 35.9 Å². The van der Waals surface area contributed by atoms with Crippen LogP contribution in [-0.2, 0) is 19.3 Å². The Bertz CT molecular complexity index is 1360. The summed E-state index contributed by atoms with van der Waals surface area (Å²) in [5.41, 5.74) is 7.95. The lowest BCUT2D eigenvalue weighted by Crippen LogP contribution is -2.09. The SMILES string of the molecule is NCc1ccccc1-c1ccc(C(=O)O)nc1-c1ccc(C(F)(F)F)c(OCc2ccccc2)c1. The van der Waals surface area contributed by atoms with Crippen LogP contribution in [0.4, 0.5) is 13.2 Å². The first-order valence-corrected chi connectivity index (χ1v) is 10.7. The lowest BCUT2D eigenvalue weighted by Gasteiger charge is -2.17. The third-order valence-corrected chi connectivity index (χ3v) is 5.44. The minimum atomic E-state index is -4.64. The summed E-state index contributed by atoms with van der Waals surface area (Å²) in [7, 11) is 0. The number of carboxylic acids is 1. The maximum Gasteiger partial charge on any atom is 0.419 e. The number of alkyl halides is 3. The highest BCUT2D eigenvalue weighted by atomic mass is 19.4. The van der Waals surface area contributed by atoms with Gasteiger partial charge in [0.1, 0.15) is 18.1 Å². The summed E-state index contributed by atoms with van der Waals surface area (Å²) in [6.07, 6.45) is -4.64. The first-order chi connectivity index (χ1) is 16.8. The fourth-order valence-electron chi connectivity index (χ4n) is 3.74. The number of pyridine rings is 1. The Hall–Kier alpha value is -4.17. The zero-order valence-corrected chi connectivity index (χ0v) is 18.4. The molecule has 35 heavy (non-hydrogen) atoms. The van der Waals surface area contributed by atoms with Crippen molar-refractivity contribution in [1.29, 1.82) is 0 Å². The standard InChI is InChI=1S/C27H21F3N2O3/c28-27(29,30)22-12-10-18(14-24(22)35-16-17-6-2-1-3-7-17)25-21(11-13-23(32-25)26(33)34)20-9-5-4-8-19(20)15-31/h1-14H,15-16,31H2,(H,33,34). The first kappa shape index (κ1) is 24.0. The van der Waals surface area contributed by atoms with Crippen molar-refractivity contribution < 1.29 is 27.8 Å². The molecule has 0 amide bonds. The van der Waals surface area contributed by atoms with Gasteiger partial charge >= 0.3 is 12.1 Å². The highest BCUT2D eigenvalue weighted by molar-refractivity contribution is 5.90. The van der Waals surface area contributed by atoms with Crippen LogP contribution in [0.5, 0.6) is 5.75 Å². The normalized spacial score (nSPS) is 11.3. The maximum atomic E-state index is 13.7. The molecule has 0 saturated heterocycles. The number of rotatable bonds is 7. The zero-order valence-electron chi connectivity index (χ0n) is 18.4. The maximum absolute atomic E-state index is 13.7. The number of benzene rings is 3. The van der Waals surface area contributed by atoms with Gasteiger partial charge in [-0.3, -0.25) is 0 Å². The molecule has 0 saturated carbocycles. The molecule has 4 aromatic rings. The molecule has 3 N–H and O–H groups in total. The summed E-state index contributed by atoms with van der Waals surface area (Å²) in [5.74, 6) is -1.63. The Morgan fingerprint density at radius 1 is 0.914 bits per heavy atom. The minimum Gasteiger partial charge on any atom is -0.488 e. The van der Waals surface area contributed by atoms with E-state index in [1.807, 2.05) is 12.1 Å². The predicted octanol–water partition coefficient (Wildman–Crippen LogP) is 6.17. The number of carbonyl (C=O) groups is 1. The predicted molar refractivity (Wildman–Crippen MR) is 126 cm³/mol. The quantitative estimate of drug-likeness (QED) is 0.332. The molecule has 1 aromatic heterocycles. The minimum absolute atomic E-state index is 0.0706. The van der Waals surface area contributed by atoms with Crippen LogP contribution >= 0.6 is 0 Å². The van der Waals surface area contributed by atoms with Crippen LogP contribution in [-0.4, -0.2) is 16.1 Å². The molecule has 8 heteroatoms. The third kappa shape index (κ3) is 5.33. The van der Waals surface area contributed by atoms with Gasteiger partial charge in [-0.1, -0.05) is 60.7 Å². The van der Waals surface area contributed by atoms with Crippen LogP contribution in [0.3, 0.4) is 0 Å². The number of nitrogens with zero attached hydrogens (tertiary/aromatic N) is 1. The van der Waals surface area contributed by atoms with Crippen LogP contribution in [0, 0.1) is 0 Å². The molecule has 0 unspecified atom stereocenters. The largest absolute Gasteiger partial charge is 0.488 e. The van der Waals surface area contributed by atoms with E-state index in [2.05, 4.69) is 4.98 Å². The molecule has 0 aliphatic carbocycles. The van der Waals surface area contributed by atoms with Crippen LogP contribution in [0.2, 0.25) is 0 Å². The van der Waals surface area contributed by atoms with Crippen molar-refractivity contribution in [3.05, 3.63) is 107 Å². The van der Waals surface area contributed by atoms with Crippen molar-refractivity contribution in [1.82, 2.24) is 4.98 Å². The van der Waals surface area contributed by atoms with E-state index < -0.39 is 17.7 Å². The molecular weight excluding hydrogens is 457 g/mol. The first-order valence-electron chi connectivity index (χ1n) is 10.7. The molecule has 4 rings (SSSR count). The lowest BCUT2D eigenvalue weighted by atomic mass is 9.94. The summed E-state index contributed by atoms with van der Waals surface area (Å²) >= 11 is 0. The average Bonchev–Trinajstić information content (AvgIpc) is 2.87. The van der Waals surface area contributed by atoms with E-state index in [0.29, 0.717) is 16.7 Å². The van der Waals surface area contributed by atoms with E-state index >= 15 is 0 Å². The van der Waals surface area contributed by atoms with Gasteiger partial charge in [-0.25, -0.2) is 9.78 Å². The van der Waals surface area contributed by atoms with E-state index in [1.165, 1.54) is 18.2 Å². The second-order valence-electron chi connectivity index (χ2n) is 7.74. The Balaban J connectivity index is 1.86. The molecule has 1 heterocycles. The Labute approximate surface area is 199 Å². The summed E-state index contributed by atoms with van der Waals surface area (Å²) in [6, 6.07) is 22.4. The van der Waals surface area contributed by atoms with Crippen molar-refractivity contribution in [2.75, 3.05) is 0 Å². The van der Waals surface area contributed by atoms with Gasteiger partial charge in [0.25, 0.3) is 0 Å². The summed E-state index contributed by atoms with van der Waals surface area (Å²) in [6.45, 7) is 0.146. The molecule has 0 atom stereocenters. The Kier molecular flexibility index (Phi) is 6.84. The van der Waals surface area contributed by atoms with Crippen molar-refractivity contribution >= 4 is 5.97 Å². The summed E-state index contributed by atoms with van der Waals surface area (Å²) < 4.78 is 46.8. The fourth-order valence-corrected chi connectivity index (χ4v) is 3.74. The van der Waals surface area contributed by atoms with E-state index in [1.54, 1.807) is 48.5 Å². The number of aromatic carboxylic acids is 1. The molecule has 3 aromatic carbocycles. The number of hydrogen-bond donors (Lipinski definition) is 2. The molecule has 0 spiro atoms. The van der Waals surface area contributed by atoms with E-state index in [9.17, 15) is 23.1 Å². The van der Waals surface area contributed by atoms with Gasteiger partial charge in [0, 0.05) is 17.7 Å². The number of nitrogens with two attached hydrogens (primary N) is 1. The summed E-state index contributed by atoms with van der Waals surface area (Å²) in [5, 5.41) is 9.48. The second kappa shape index (κ2) is 9.99. The summed E-state index contributed by atoms with van der Waals surface area (Å²) in [4.78, 5) is 15.9. The number of ether oxygens (including phenoxy) is 1. The number of hydrogen-bond acceptors (Lipinski definition) is 4. The Morgan fingerprint density at radius 2 is 1.63 bits per heavy atom. The highest BCUT2D eigenvalue weighted by Crippen LogP contribution is 2.41. The molecule has 0 fully saturated rings. The van der Waals surface area contributed by atoms with Gasteiger partial charge in [-0.05, 0) is 41.0 Å². The Morgan fingerprint density at radius 3 is 2.31 bits per heavy atom. The second-order valence-corrected chi connectivity index (χ2v) is 7.74. The van der Waals surface area contributed by atoms with Crippen LogP contribution in [0.25, 0.3) is 22.4 Å². The van der Waals surface area contributed by atoms with Crippen molar-refractivity contribution in [2.24, 2.45) is 5.73 Å². The van der Waals surface area contributed by atoms with Crippen LogP contribution < -0.4 is 10.5 Å². The number of halogens is 3. The van der Waals surface area contributed by atoms with Gasteiger partial charge in [-0.15, -0.1) is 0 Å². The van der Waals surface area contributed by atoms with Gasteiger partial charge < -0.3 is 15.6 Å². The van der Waals surface area contributed by atoms with Gasteiger partial charge in [-0.2, -0.15) is 13.2 Å². The average molecular weight is 478 g/mol.